The molecule has 0 saturated heterocycles. The number of amides is 1. The van der Waals surface area contributed by atoms with Crippen molar-refractivity contribution in [3.8, 4) is 11.5 Å². The minimum atomic E-state index is -1.21. The zero-order chi connectivity index (χ0) is 21.7. The van der Waals surface area contributed by atoms with Crippen molar-refractivity contribution in [3.63, 3.8) is 0 Å². The van der Waals surface area contributed by atoms with E-state index < -0.39 is 11.9 Å². The average molecular weight is 404 g/mol. The number of ketones is 1. The van der Waals surface area contributed by atoms with Crippen LogP contribution in [-0.2, 0) is 0 Å². The number of aromatic carboxylic acids is 1. The molecule has 0 bridgehead atoms. The molecule has 3 rings (SSSR count). The van der Waals surface area contributed by atoms with Crippen molar-refractivity contribution >= 4 is 29.0 Å². The molecule has 3 aromatic carbocycles. The molecule has 0 fully saturated rings. The van der Waals surface area contributed by atoms with Gasteiger partial charge in [0, 0.05) is 29.5 Å². The second-order valence-electron chi connectivity index (χ2n) is 6.52. The molecule has 0 unspecified atom stereocenters. The number of ether oxygens (including phenoxy) is 1. The van der Waals surface area contributed by atoms with Gasteiger partial charge in [0.2, 0.25) is 0 Å². The molecule has 3 N–H and O–H groups in total. The zero-order valence-corrected chi connectivity index (χ0v) is 16.4. The molecule has 0 heterocycles. The third-order valence-electron chi connectivity index (χ3n) is 4.34. The molecule has 7 heteroatoms. The van der Waals surface area contributed by atoms with E-state index >= 15 is 0 Å². The maximum atomic E-state index is 12.5. The lowest BCUT2D eigenvalue weighted by atomic mass is 10.0. The van der Waals surface area contributed by atoms with Gasteiger partial charge in [-0.1, -0.05) is 0 Å². The van der Waals surface area contributed by atoms with E-state index in [-0.39, 0.29) is 22.5 Å². The molecule has 0 aliphatic rings. The van der Waals surface area contributed by atoms with E-state index in [0.29, 0.717) is 17.2 Å². The highest BCUT2D eigenvalue weighted by atomic mass is 16.5. The molecule has 0 spiro atoms. The van der Waals surface area contributed by atoms with Crippen LogP contribution in [0.5, 0.6) is 11.5 Å². The first-order chi connectivity index (χ1) is 14.4. The smallest absolute Gasteiger partial charge is 0.335 e. The van der Waals surface area contributed by atoms with Crippen LogP contribution in [0.4, 0.5) is 11.4 Å². The van der Waals surface area contributed by atoms with Gasteiger partial charge in [-0.2, -0.15) is 0 Å². The van der Waals surface area contributed by atoms with E-state index in [1.807, 2.05) is 31.3 Å². The summed E-state index contributed by atoms with van der Waals surface area (Å²) >= 11 is 0. The summed E-state index contributed by atoms with van der Waals surface area (Å²) < 4.78 is 5.76. The fourth-order valence-electron chi connectivity index (χ4n) is 2.72. The predicted octanol–water partition coefficient (Wildman–Crippen LogP) is 4.67. The van der Waals surface area contributed by atoms with Crippen LogP contribution in [0.25, 0.3) is 0 Å². The molecule has 1 amide bonds. The van der Waals surface area contributed by atoms with Crippen molar-refractivity contribution in [1.82, 2.24) is 0 Å². The molecule has 7 nitrogen and oxygen atoms in total. The van der Waals surface area contributed by atoms with Gasteiger partial charge in [-0.15, -0.1) is 0 Å². The number of rotatable bonds is 7. The molecule has 0 aliphatic heterocycles. The Morgan fingerprint density at radius 2 is 1.27 bits per heavy atom. The van der Waals surface area contributed by atoms with Crippen LogP contribution in [0, 0.1) is 0 Å². The Morgan fingerprint density at radius 1 is 0.767 bits per heavy atom. The molecule has 3 aromatic rings. The van der Waals surface area contributed by atoms with Crippen molar-refractivity contribution in [3.05, 3.63) is 83.4 Å². The van der Waals surface area contributed by atoms with Gasteiger partial charge in [0.15, 0.2) is 5.78 Å². The van der Waals surface area contributed by atoms with Gasteiger partial charge in [0.1, 0.15) is 11.5 Å². The van der Waals surface area contributed by atoms with Crippen LogP contribution in [-0.4, -0.2) is 29.8 Å². The number of anilines is 2. The summed E-state index contributed by atoms with van der Waals surface area (Å²) in [5.74, 6) is -0.783. The van der Waals surface area contributed by atoms with E-state index in [0.717, 1.165) is 5.69 Å². The lowest BCUT2D eigenvalue weighted by Crippen LogP contribution is -2.14. The predicted molar refractivity (Wildman–Crippen MR) is 114 cm³/mol. The number of carboxylic acids is 1. The van der Waals surface area contributed by atoms with Gasteiger partial charge in [0.25, 0.3) is 5.91 Å². The van der Waals surface area contributed by atoms with Gasteiger partial charge >= 0.3 is 5.97 Å². The SMILES string of the molecule is CNc1ccc(Oc2ccc(NC(=O)c3cc(C(C)=O)cc(C(=O)O)c3)cc2)cc1. The van der Waals surface area contributed by atoms with Gasteiger partial charge in [-0.25, -0.2) is 4.79 Å². The van der Waals surface area contributed by atoms with Crippen LogP contribution < -0.4 is 15.4 Å². The third-order valence-corrected chi connectivity index (χ3v) is 4.34. The normalized spacial score (nSPS) is 10.2. The quantitative estimate of drug-likeness (QED) is 0.494. The Morgan fingerprint density at radius 3 is 1.77 bits per heavy atom. The largest absolute Gasteiger partial charge is 0.478 e. The Balaban J connectivity index is 1.72. The maximum absolute atomic E-state index is 12.5. The standard InChI is InChI=1S/C23H20N2O5/c1-14(26)15-11-16(13-17(12-15)23(28)29)22(27)25-19-5-9-21(10-6-19)30-20-7-3-18(24-2)4-8-20/h3-13,24H,1-2H3,(H,25,27)(H,28,29). The van der Waals surface area contributed by atoms with Gasteiger partial charge < -0.3 is 20.5 Å². The highest BCUT2D eigenvalue weighted by Crippen LogP contribution is 2.24. The molecule has 0 radical (unpaired) electrons. The molecule has 0 aromatic heterocycles. The Bertz CT molecular complexity index is 1060. The van der Waals surface area contributed by atoms with Gasteiger partial charge in [-0.05, 0) is 73.7 Å². The summed E-state index contributed by atoms with van der Waals surface area (Å²) in [6.45, 7) is 1.31. The number of benzene rings is 3. The first kappa shape index (κ1) is 20.6. The summed E-state index contributed by atoms with van der Waals surface area (Å²) in [4.78, 5) is 35.5. The van der Waals surface area contributed by atoms with Crippen LogP contribution in [0.2, 0.25) is 0 Å². The summed E-state index contributed by atoms with van der Waals surface area (Å²) in [5.41, 5.74) is 1.60. The lowest BCUT2D eigenvalue weighted by Gasteiger charge is -2.10. The first-order valence-electron chi connectivity index (χ1n) is 9.12. The third kappa shape index (κ3) is 5.02. The van der Waals surface area contributed by atoms with Gasteiger partial charge in [-0.3, -0.25) is 9.59 Å². The number of nitrogens with one attached hydrogen (secondary N) is 2. The van der Waals surface area contributed by atoms with Crippen molar-refractivity contribution in [2.45, 2.75) is 6.92 Å². The molecular weight excluding hydrogens is 384 g/mol. The number of Topliss-reactive ketones (excluding diaryl/α,β-unsaturated/α-hetero) is 1. The van der Waals surface area contributed by atoms with Crippen molar-refractivity contribution in [2.75, 3.05) is 17.7 Å². The van der Waals surface area contributed by atoms with Crippen LogP contribution >= 0.6 is 0 Å². The van der Waals surface area contributed by atoms with E-state index in [2.05, 4.69) is 10.6 Å². The monoisotopic (exact) mass is 404 g/mol. The van der Waals surface area contributed by atoms with Crippen LogP contribution in [0.3, 0.4) is 0 Å². The number of carbonyl (C=O) groups is 3. The fraction of sp³-hybridized carbons (Fsp3) is 0.0870. The van der Waals surface area contributed by atoms with Crippen molar-refractivity contribution < 1.29 is 24.2 Å². The number of carboxylic acid groups (broad SMARTS) is 1. The Labute approximate surface area is 173 Å². The minimum Gasteiger partial charge on any atom is -0.478 e. The highest BCUT2D eigenvalue weighted by molar-refractivity contribution is 6.08. The number of carbonyl (C=O) groups excluding carboxylic acids is 2. The number of hydrogen-bond acceptors (Lipinski definition) is 5. The van der Waals surface area contributed by atoms with E-state index in [1.165, 1.54) is 25.1 Å². The summed E-state index contributed by atoms with van der Waals surface area (Å²) in [6.07, 6.45) is 0. The van der Waals surface area contributed by atoms with E-state index in [4.69, 9.17) is 4.74 Å². The molecule has 0 aliphatic carbocycles. The molecule has 0 saturated carbocycles. The maximum Gasteiger partial charge on any atom is 0.335 e. The van der Waals surface area contributed by atoms with Crippen molar-refractivity contribution in [2.24, 2.45) is 0 Å². The highest BCUT2D eigenvalue weighted by Gasteiger charge is 2.14. The second kappa shape index (κ2) is 8.91. The Hall–Kier alpha value is -4.13. The minimum absolute atomic E-state index is 0.0880. The fourth-order valence-corrected chi connectivity index (χ4v) is 2.72. The van der Waals surface area contributed by atoms with Gasteiger partial charge in [0.05, 0.1) is 5.56 Å². The van der Waals surface area contributed by atoms with E-state index in [1.54, 1.807) is 24.3 Å². The lowest BCUT2D eigenvalue weighted by molar-refractivity contribution is 0.0697. The zero-order valence-electron chi connectivity index (χ0n) is 16.4. The van der Waals surface area contributed by atoms with Crippen molar-refractivity contribution in [1.29, 1.82) is 0 Å². The van der Waals surface area contributed by atoms with Crippen LogP contribution in [0.1, 0.15) is 38.0 Å². The van der Waals surface area contributed by atoms with Crippen LogP contribution in [0.15, 0.2) is 66.7 Å². The summed E-state index contributed by atoms with van der Waals surface area (Å²) in [6, 6.07) is 18.1. The molecule has 0 atom stereocenters. The summed E-state index contributed by atoms with van der Waals surface area (Å²) in [5, 5.41) is 14.9. The molecule has 30 heavy (non-hydrogen) atoms. The second-order valence-corrected chi connectivity index (χ2v) is 6.52. The Kier molecular flexibility index (Phi) is 6.12. The van der Waals surface area contributed by atoms with E-state index in [9.17, 15) is 19.5 Å². The summed E-state index contributed by atoms with van der Waals surface area (Å²) in [7, 11) is 1.84. The number of hydrogen-bond donors (Lipinski definition) is 3. The topological polar surface area (TPSA) is 105 Å². The average Bonchev–Trinajstić information content (AvgIpc) is 2.75. The molecular formula is C23H20N2O5. The molecule has 152 valence electrons. The first-order valence-corrected chi connectivity index (χ1v) is 9.12.